The van der Waals surface area contributed by atoms with Gasteiger partial charge in [0.2, 0.25) is 5.69 Å². The van der Waals surface area contributed by atoms with Crippen LogP contribution in [-0.2, 0) is 9.53 Å². The summed E-state index contributed by atoms with van der Waals surface area (Å²) in [5, 5.41) is 6.48. The number of hydrogen-bond acceptors (Lipinski definition) is 5. The number of benzene rings is 2. The Morgan fingerprint density at radius 2 is 1.96 bits per heavy atom. The number of nitrogens with one attached hydrogen (secondary N) is 1. The zero-order chi connectivity index (χ0) is 20.1. The Kier molecular flexibility index (Phi) is 5.90. The van der Waals surface area contributed by atoms with Gasteiger partial charge in [0, 0.05) is 5.69 Å². The molecule has 3 rings (SSSR count). The maximum absolute atomic E-state index is 13.1. The predicted octanol–water partition coefficient (Wildman–Crippen LogP) is 3.47. The number of anilines is 1. The van der Waals surface area contributed by atoms with E-state index in [1.807, 2.05) is 30.3 Å². The van der Waals surface area contributed by atoms with E-state index in [2.05, 4.69) is 10.4 Å². The number of para-hydroxylation sites is 1. The number of methoxy groups -OCH3 is 1. The first-order chi connectivity index (χ1) is 13.5. The van der Waals surface area contributed by atoms with Crippen molar-refractivity contribution in [2.45, 2.75) is 0 Å². The van der Waals surface area contributed by atoms with E-state index in [4.69, 9.17) is 21.1 Å². The molecule has 0 saturated carbocycles. The van der Waals surface area contributed by atoms with E-state index in [0.717, 1.165) is 11.8 Å². The number of halogens is 2. The Hall–Kier alpha value is -3.39. The topological polar surface area (TPSA) is 82.5 Å². The van der Waals surface area contributed by atoms with E-state index in [0.29, 0.717) is 0 Å². The summed E-state index contributed by atoms with van der Waals surface area (Å²) in [7, 11) is 1.40. The predicted molar refractivity (Wildman–Crippen MR) is 100 cm³/mol. The smallest absolute Gasteiger partial charge is 0.363 e. The van der Waals surface area contributed by atoms with Crippen molar-refractivity contribution in [1.82, 2.24) is 9.78 Å². The van der Waals surface area contributed by atoms with Gasteiger partial charge in [-0.15, -0.1) is 0 Å². The molecule has 7 nitrogen and oxygen atoms in total. The van der Waals surface area contributed by atoms with Crippen molar-refractivity contribution in [2.75, 3.05) is 19.0 Å². The van der Waals surface area contributed by atoms with Crippen molar-refractivity contribution >= 4 is 29.2 Å². The molecular weight excluding hydrogens is 389 g/mol. The van der Waals surface area contributed by atoms with Crippen molar-refractivity contribution in [3.05, 3.63) is 71.3 Å². The zero-order valence-electron chi connectivity index (χ0n) is 14.7. The summed E-state index contributed by atoms with van der Waals surface area (Å²) in [4.78, 5) is 24.2. The Balaban J connectivity index is 1.65. The average Bonchev–Trinajstić information content (AvgIpc) is 3.14. The van der Waals surface area contributed by atoms with Crippen LogP contribution in [0.3, 0.4) is 0 Å². The van der Waals surface area contributed by atoms with Gasteiger partial charge in [0.1, 0.15) is 5.82 Å². The third kappa shape index (κ3) is 4.47. The molecule has 0 aliphatic carbocycles. The molecule has 0 radical (unpaired) electrons. The molecule has 1 heterocycles. The van der Waals surface area contributed by atoms with Crippen LogP contribution in [0.1, 0.15) is 10.5 Å². The molecule has 9 heteroatoms. The van der Waals surface area contributed by atoms with Crippen LogP contribution in [0.25, 0.3) is 5.69 Å². The van der Waals surface area contributed by atoms with Crippen LogP contribution < -0.4 is 10.1 Å². The summed E-state index contributed by atoms with van der Waals surface area (Å²) >= 11 is 5.65. The number of rotatable bonds is 6. The summed E-state index contributed by atoms with van der Waals surface area (Å²) in [6.07, 6.45) is 1.53. The van der Waals surface area contributed by atoms with Crippen molar-refractivity contribution in [1.29, 1.82) is 0 Å². The molecule has 0 saturated heterocycles. The molecule has 1 aromatic heterocycles. The quantitative estimate of drug-likeness (QED) is 0.637. The first kappa shape index (κ1) is 19.4. The van der Waals surface area contributed by atoms with Crippen LogP contribution in [0.4, 0.5) is 10.1 Å². The second-order valence-corrected chi connectivity index (χ2v) is 5.99. The summed E-state index contributed by atoms with van der Waals surface area (Å²) in [5.74, 6) is -1.83. The van der Waals surface area contributed by atoms with Crippen molar-refractivity contribution in [3.8, 4) is 11.4 Å². The minimum atomic E-state index is -0.821. The lowest BCUT2D eigenvalue weighted by atomic mass is 10.3. The Morgan fingerprint density at radius 3 is 2.64 bits per heavy atom. The Bertz CT molecular complexity index is 1010. The highest BCUT2D eigenvalue weighted by molar-refractivity contribution is 6.31. The Morgan fingerprint density at radius 1 is 1.21 bits per heavy atom. The number of nitrogens with zero attached hydrogens (tertiary/aromatic N) is 2. The average molecular weight is 404 g/mol. The molecule has 0 unspecified atom stereocenters. The van der Waals surface area contributed by atoms with Gasteiger partial charge >= 0.3 is 5.97 Å². The minimum Gasteiger partial charge on any atom is -0.493 e. The number of carbonyl (C=O) groups is 2. The van der Waals surface area contributed by atoms with Crippen molar-refractivity contribution < 1.29 is 23.5 Å². The number of aromatic nitrogens is 2. The van der Waals surface area contributed by atoms with Gasteiger partial charge in [0.05, 0.1) is 24.0 Å². The van der Waals surface area contributed by atoms with Gasteiger partial charge in [0.25, 0.3) is 5.91 Å². The molecule has 1 amide bonds. The fraction of sp³-hybridized carbons (Fsp3) is 0.105. The number of hydrogen-bond donors (Lipinski definition) is 1. The van der Waals surface area contributed by atoms with Crippen LogP contribution in [0.5, 0.6) is 5.75 Å². The van der Waals surface area contributed by atoms with Crippen LogP contribution in [0.15, 0.2) is 54.7 Å². The van der Waals surface area contributed by atoms with Crippen LogP contribution >= 0.6 is 11.6 Å². The number of carbonyl (C=O) groups excluding carboxylic acids is 2. The fourth-order valence-electron chi connectivity index (χ4n) is 2.33. The van der Waals surface area contributed by atoms with Gasteiger partial charge in [-0.05, 0) is 30.3 Å². The van der Waals surface area contributed by atoms with Crippen LogP contribution in [-0.4, -0.2) is 35.4 Å². The highest BCUT2D eigenvalue weighted by atomic mass is 35.5. The molecule has 0 atom stereocenters. The molecule has 3 aromatic rings. The minimum absolute atomic E-state index is 0.0658. The maximum Gasteiger partial charge on any atom is 0.363 e. The monoisotopic (exact) mass is 403 g/mol. The SMILES string of the molecule is COc1cn(-c2ccccc2)nc1C(=O)OCC(=O)Nc1ccc(F)c(Cl)c1. The van der Waals surface area contributed by atoms with Gasteiger partial charge < -0.3 is 14.8 Å². The van der Waals surface area contributed by atoms with E-state index >= 15 is 0 Å². The van der Waals surface area contributed by atoms with Crippen LogP contribution in [0, 0.1) is 5.82 Å². The third-order valence-corrected chi connectivity index (χ3v) is 3.94. The lowest BCUT2D eigenvalue weighted by molar-refractivity contribution is -0.119. The van der Waals surface area contributed by atoms with E-state index in [9.17, 15) is 14.0 Å². The second kappa shape index (κ2) is 8.53. The molecule has 0 spiro atoms. The highest BCUT2D eigenvalue weighted by Crippen LogP contribution is 2.21. The number of amides is 1. The van der Waals surface area contributed by atoms with E-state index in [1.54, 1.807) is 0 Å². The molecule has 144 valence electrons. The van der Waals surface area contributed by atoms with Gasteiger partial charge in [-0.3, -0.25) is 4.79 Å². The van der Waals surface area contributed by atoms with E-state index in [-0.39, 0.29) is 22.2 Å². The molecule has 28 heavy (non-hydrogen) atoms. The summed E-state index contributed by atoms with van der Waals surface area (Å²) < 4.78 is 24.8. The summed E-state index contributed by atoms with van der Waals surface area (Å²) in [5.41, 5.74) is 0.938. The fourth-order valence-corrected chi connectivity index (χ4v) is 2.51. The Labute approximate surface area is 164 Å². The molecule has 0 aliphatic rings. The summed E-state index contributed by atoms with van der Waals surface area (Å²) in [6.45, 7) is -0.560. The molecule has 2 aromatic carbocycles. The van der Waals surface area contributed by atoms with Gasteiger partial charge in [0.15, 0.2) is 12.4 Å². The number of esters is 1. The lowest BCUT2D eigenvalue weighted by Gasteiger charge is -2.07. The van der Waals surface area contributed by atoms with Crippen LogP contribution in [0.2, 0.25) is 5.02 Å². The number of ether oxygens (including phenoxy) is 2. The lowest BCUT2D eigenvalue weighted by Crippen LogP contribution is -2.21. The summed E-state index contributed by atoms with van der Waals surface area (Å²) in [6, 6.07) is 12.8. The highest BCUT2D eigenvalue weighted by Gasteiger charge is 2.21. The first-order valence-corrected chi connectivity index (χ1v) is 8.47. The first-order valence-electron chi connectivity index (χ1n) is 8.09. The molecule has 0 aliphatic heterocycles. The zero-order valence-corrected chi connectivity index (χ0v) is 15.4. The second-order valence-electron chi connectivity index (χ2n) is 5.58. The van der Waals surface area contributed by atoms with E-state index < -0.39 is 24.3 Å². The molecule has 0 fully saturated rings. The van der Waals surface area contributed by atoms with Gasteiger partial charge in [-0.1, -0.05) is 29.8 Å². The third-order valence-electron chi connectivity index (χ3n) is 3.65. The standard InChI is InChI=1S/C19H15ClFN3O4/c1-27-16-10-24(13-5-3-2-4-6-13)23-18(16)19(26)28-11-17(25)22-12-7-8-15(21)14(20)9-12/h2-10H,11H2,1H3,(H,22,25). The maximum atomic E-state index is 13.1. The van der Waals surface area contributed by atoms with Crippen molar-refractivity contribution in [3.63, 3.8) is 0 Å². The van der Waals surface area contributed by atoms with Gasteiger partial charge in [-0.25, -0.2) is 13.9 Å². The normalized spacial score (nSPS) is 10.4. The van der Waals surface area contributed by atoms with E-state index in [1.165, 1.54) is 30.1 Å². The van der Waals surface area contributed by atoms with Gasteiger partial charge in [-0.2, -0.15) is 5.10 Å². The molecule has 0 bridgehead atoms. The molecular formula is C19H15ClFN3O4. The van der Waals surface area contributed by atoms with Crippen molar-refractivity contribution in [2.24, 2.45) is 0 Å². The molecule has 1 N–H and O–H groups in total. The largest absolute Gasteiger partial charge is 0.493 e.